The van der Waals surface area contributed by atoms with Crippen LogP contribution in [0, 0.1) is 5.92 Å². The summed E-state index contributed by atoms with van der Waals surface area (Å²) in [5, 5.41) is 8.62. The molecule has 2 N–H and O–H groups in total. The summed E-state index contributed by atoms with van der Waals surface area (Å²) in [6, 6.07) is 0. The van der Waals surface area contributed by atoms with E-state index in [2.05, 4.69) is 6.58 Å². The van der Waals surface area contributed by atoms with E-state index in [1.165, 1.54) is 0 Å². The van der Waals surface area contributed by atoms with Crippen LogP contribution in [-0.2, 0) is 10.1 Å². The van der Waals surface area contributed by atoms with Gasteiger partial charge in [0.1, 0.15) is 5.25 Å². The molecule has 4 nitrogen and oxygen atoms in total. The van der Waals surface area contributed by atoms with Crippen LogP contribution in [0.4, 0.5) is 0 Å². The lowest BCUT2D eigenvalue weighted by Gasteiger charge is -2.31. The zero-order valence-corrected chi connectivity index (χ0v) is 9.70. The fourth-order valence-electron chi connectivity index (χ4n) is 2.23. The topological polar surface area (TPSA) is 74.6 Å². The molecule has 1 aliphatic rings. The zero-order valence-electron chi connectivity index (χ0n) is 8.89. The van der Waals surface area contributed by atoms with E-state index >= 15 is 0 Å². The SMILES string of the molecule is C=C(C)CC1CCC(S(=O)(=O)O)C(O)C1. The van der Waals surface area contributed by atoms with Gasteiger partial charge in [-0.15, -0.1) is 6.58 Å². The molecule has 0 saturated heterocycles. The zero-order chi connectivity index (χ0) is 11.6. The lowest BCUT2D eigenvalue weighted by atomic mass is 9.83. The van der Waals surface area contributed by atoms with Crippen LogP contribution in [0.1, 0.15) is 32.6 Å². The Morgan fingerprint density at radius 1 is 1.47 bits per heavy atom. The van der Waals surface area contributed by atoms with Gasteiger partial charge in [-0.3, -0.25) is 4.55 Å². The second-order valence-corrected chi connectivity index (χ2v) is 6.10. The number of allylic oxidation sites excluding steroid dienone is 1. The smallest absolute Gasteiger partial charge is 0.270 e. The third-order valence-electron chi connectivity index (χ3n) is 2.88. The first-order chi connectivity index (χ1) is 6.80. The minimum absolute atomic E-state index is 0.287. The Morgan fingerprint density at radius 3 is 2.47 bits per heavy atom. The summed E-state index contributed by atoms with van der Waals surface area (Å²) in [7, 11) is -4.10. The fraction of sp³-hybridized carbons (Fsp3) is 0.800. The Balaban J connectivity index is 2.59. The van der Waals surface area contributed by atoms with Gasteiger partial charge < -0.3 is 5.11 Å². The van der Waals surface area contributed by atoms with Gasteiger partial charge in [0, 0.05) is 0 Å². The molecule has 15 heavy (non-hydrogen) atoms. The molecule has 88 valence electrons. The van der Waals surface area contributed by atoms with E-state index in [1.807, 2.05) is 6.92 Å². The van der Waals surface area contributed by atoms with Gasteiger partial charge in [0.15, 0.2) is 0 Å². The highest BCUT2D eigenvalue weighted by Crippen LogP contribution is 2.31. The number of hydrogen-bond donors (Lipinski definition) is 2. The van der Waals surface area contributed by atoms with E-state index in [9.17, 15) is 13.5 Å². The molecule has 3 atom stereocenters. The van der Waals surface area contributed by atoms with Crippen LogP contribution in [-0.4, -0.2) is 29.4 Å². The van der Waals surface area contributed by atoms with Crippen molar-refractivity contribution in [2.24, 2.45) is 5.92 Å². The predicted octanol–water partition coefficient (Wildman–Crippen LogP) is 1.37. The lowest BCUT2D eigenvalue weighted by Crippen LogP contribution is -2.39. The predicted molar refractivity (Wildman–Crippen MR) is 58.1 cm³/mol. The normalized spacial score (nSPS) is 32.6. The fourth-order valence-corrected chi connectivity index (χ4v) is 3.17. The highest BCUT2D eigenvalue weighted by molar-refractivity contribution is 7.86. The Labute approximate surface area is 90.8 Å². The molecule has 5 heteroatoms. The summed E-state index contributed by atoms with van der Waals surface area (Å²) in [4.78, 5) is 0. The maximum atomic E-state index is 10.9. The van der Waals surface area contributed by atoms with Crippen molar-refractivity contribution in [2.75, 3.05) is 0 Å². The van der Waals surface area contributed by atoms with E-state index in [4.69, 9.17) is 4.55 Å². The van der Waals surface area contributed by atoms with Crippen LogP contribution in [0.3, 0.4) is 0 Å². The van der Waals surface area contributed by atoms with Crippen LogP contribution in [0.5, 0.6) is 0 Å². The molecular weight excluding hydrogens is 216 g/mol. The molecule has 0 radical (unpaired) electrons. The summed E-state index contributed by atoms with van der Waals surface area (Å²) < 4.78 is 30.7. The summed E-state index contributed by atoms with van der Waals surface area (Å²) >= 11 is 0. The van der Waals surface area contributed by atoms with Crippen molar-refractivity contribution < 1.29 is 18.1 Å². The van der Waals surface area contributed by atoms with Gasteiger partial charge in [-0.1, -0.05) is 5.57 Å². The first-order valence-electron chi connectivity index (χ1n) is 5.09. The monoisotopic (exact) mass is 234 g/mol. The number of aliphatic hydroxyl groups excluding tert-OH is 1. The Kier molecular flexibility index (Phi) is 3.92. The summed E-state index contributed by atoms with van der Waals surface area (Å²) in [6.45, 7) is 5.71. The molecule has 0 aromatic heterocycles. The molecule has 1 fully saturated rings. The van der Waals surface area contributed by atoms with Gasteiger partial charge in [-0.05, 0) is 38.5 Å². The van der Waals surface area contributed by atoms with Crippen molar-refractivity contribution >= 4 is 10.1 Å². The molecule has 0 aliphatic heterocycles. The largest absolute Gasteiger partial charge is 0.392 e. The highest BCUT2D eigenvalue weighted by Gasteiger charge is 2.36. The minimum atomic E-state index is -4.10. The molecule has 0 spiro atoms. The maximum absolute atomic E-state index is 10.9. The van der Waals surface area contributed by atoms with Gasteiger partial charge >= 0.3 is 0 Å². The number of rotatable bonds is 3. The van der Waals surface area contributed by atoms with Crippen molar-refractivity contribution in [3.8, 4) is 0 Å². The first kappa shape index (κ1) is 12.7. The Bertz CT molecular complexity index is 333. The van der Waals surface area contributed by atoms with E-state index in [0.717, 1.165) is 12.0 Å². The summed E-state index contributed by atoms with van der Waals surface area (Å²) in [5.74, 6) is 0.287. The van der Waals surface area contributed by atoms with Crippen molar-refractivity contribution in [2.45, 2.75) is 44.0 Å². The number of hydrogen-bond acceptors (Lipinski definition) is 3. The van der Waals surface area contributed by atoms with E-state index in [-0.39, 0.29) is 5.92 Å². The van der Waals surface area contributed by atoms with Gasteiger partial charge in [-0.2, -0.15) is 8.42 Å². The second-order valence-electron chi connectivity index (χ2n) is 4.46. The molecule has 1 rings (SSSR count). The molecule has 0 bridgehead atoms. The molecule has 1 saturated carbocycles. The van der Waals surface area contributed by atoms with Gasteiger partial charge in [-0.25, -0.2) is 0 Å². The Morgan fingerprint density at radius 2 is 2.07 bits per heavy atom. The molecular formula is C10H18O4S. The lowest BCUT2D eigenvalue weighted by molar-refractivity contribution is 0.101. The van der Waals surface area contributed by atoms with Crippen LogP contribution in [0.25, 0.3) is 0 Å². The maximum Gasteiger partial charge on any atom is 0.270 e. The average molecular weight is 234 g/mol. The molecule has 0 aromatic rings. The van der Waals surface area contributed by atoms with Gasteiger partial charge in [0.05, 0.1) is 6.10 Å². The van der Waals surface area contributed by atoms with Crippen molar-refractivity contribution in [1.82, 2.24) is 0 Å². The van der Waals surface area contributed by atoms with E-state index in [1.54, 1.807) is 0 Å². The van der Waals surface area contributed by atoms with Crippen LogP contribution < -0.4 is 0 Å². The van der Waals surface area contributed by atoms with Crippen LogP contribution in [0.15, 0.2) is 12.2 Å². The third-order valence-corrected chi connectivity index (χ3v) is 4.20. The highest BCUT2D eigenvalue weighted by atomic mass is 32.2. The van der Waals surface area contributed by atoms with Gasteiger partial charge in [0.2, 0.25) is 0 Å². The molecule has 0 aromatic carbocycles. The molecule has 0 amide bonds. The minimum Gasteiger partial charge on any atom is -0.392 e. The average Bonchev–Trinajstić information content (AvgIpc) is 1.99. The first-order valence-corrected chi connectivity index (χ1v) is 6.59. The van der Waals surface area contributed by atoms with E-state index in [0.29, 0.717) is 19.3 Å². The van der Waals surface area contributed by atoms with Crippen molar-refractivity contribution in [3.63, 3.8) is 0 Å². The van der Waals surface area contributed by atoms with Crippen LogP contribution in [0.2, 0.25) is 0 Å². The quantitative estimate of drug-likeness (QED) is 0.571. The number of aliphatic hydroxyl groups is 1. The third kappa shape index (κ3) is 3.59. The molecule has 3 unspecified atom stereocenters. The standard InChI is InChI=1S/C10H18O4S/c1-7(2)5-8-3-4-10(9(11)6-8)15(12,13)14/h8-11H,1,3-6H2,2H3,(H,12,13,14). The van der Waals surface area contributed by atoms with Crippen molar-refractivity contribution in [3.05, 3.63) is 12.2 Å². The van der Waals surface area contributed by atoms with Crippen LogP contribution >= 0.6 is 0 Å². The van der Waals surface area contributed by atoms with Gasteiger partial charge in [0.25, 0.3) is 10.1 Å². The Hall–Kier alpha value is -0.390. The van der Waals surface area contributed by atoms with E-state index < -0.39 is 21.5 Å². The second kappa shape index (κ2) is 4.63. The van der Waals surface area contributed by atoms with Crippen molar-refractivity contribution in [1.29, 1.82) is 0 Å². The molecule has 0 heterocycles. The summed E-state index contributed by atoms with van der Waals surface area (Å²) in [6.07, 6.45) is 1.34. The molecule has 1 aliphatic carbocycles. The summed E-state index contributed by atoms with van der Waals surface area (Å²) in [5.41, 5.74) is 1.04.